The number of carbonyl (C=O) groups excluding carboxylic acids is 1. The number of rotatable bonds is 8. The molecule has 1 amide bonds. The highest BCUT2D eigenvalue weighted by Gasteiger charge is 2.16. The Balaban J connectivity index is 1.57. The summed E-state index contributed by atoms with van der Waals surface area (Å²) in [5, 5.41) is 15.5. The van der Waals surface area contributed by atoms with Crippen LogP contribution in [-0.4, -0.2) is 22.4 Å². The summed E-state index contributed by atoms with van der Waals surface area (Å²) in [7, 11) is 0. The molecule has 174 valence electrons. The van der Waals surface area contributed by atoms with Gasteiger partial charge < -0.3 is 16.4 Å². The number of nitrogens with two attached hydrogens (primary N) is 1. The van der Waals surface area contributed by atoms with E-state index in [0.717, 1.165) is 5.56 Å². The number of nitriles is 1. The van der Waals surface area contributed by atoms with Gasteiger partial charge in [0, 0.05) is 12.1 Å². The molecule has 0 spiro atoms. The van der Waals surface area contributed by atoms with Crippen LogP contribution in [0.25, 0.3) is 11.3 Å². The highest BCUT2D eigenvalue weighted by Crippen LogP contribution is 2.25. The third-order valence-corrected chi connectivity index (χ3v) is 5.34. The van der Waals surface area contributed by atoms with Crippen LogP contribution in [0.5, 0.6) is 0 Å². The average molecular weight is 467 g/mol. The molecule has 35 heavy (non-hydrogen) atoms. The first-order valence-corrected chi connectivity index (χ1v) is 11.0. The number of aromatic nitrogens is 2. The third kappa shape index (κ3) is 5.97. The molecule has 0 aliphatic carbocycles. The lowest BCUT2D eigenvalue weighted by atomic mass is 10.0. The zero-order valence-corrected chi connectivity index (χ0v) is 18.8. The fraction of sp³-hybridized carbons (Fsp3) is 0.111. The second-order valence-electron chi connectivity index (χ2n) is 7.82. The minimum Gasteiger partial charge on any atom is -0.397 e. The van der Waals surface area contributed by atoms with Crippen molar-refractivity contribution in [3.05, 3.63) is 107 Å². The SMILES string of the molecule is N#Cc1ccccc1-c1ccc(C(=O)NCc2ccc(N)cn2)c(NCCc2cccc(F)c2)n1. The van der Waals surface area contributed by atoms with Gasteiger partial charge in [-0.2, -0.15) is 5.26 Å². The van der Waals surface area contributed by atoms with Crippen molar-refractivity contribution >= 4 is 17.4 Å². The Hall–Kier alpha value is -4.77. The van der Waals surface area contributed by atoms with Crippen molar-refractivity contribution < 1.29 is 9.18 Å². The van der Waals surface area contributed by atoms with Crippen LogP contribution in [0.4, 0.5) is 15.9 Å². The molecule has 0 aliphatic rings. The van der Waals surface area contributed by atoms with Gasteiger partial charge in [-0.25, -0.2) is 9.37 Å². The Morgan fingerprint density at radius 1 is 1.06 bits per heavy atom. The zero-order valence-electron chi connectivity index (χ0n) is 18.8. The molecular formula is C27H23FN6O. The van der Waals surface area contributed by atoms with Crippen LogP contribution in [0.3, 0.4) is 0 Å². The van der Waals surface area contributed by atoms with Gasteiger partial charge in [0.2, 0.25) is 0 Å². The summed E-state index contributed by atoms with van der Waals surface area (Å²) < 4.78 is 13.5. The predicted octanol–water partition coefficient (Wildman–Crippen LogP) is 4.32. The maximum Gasteiger partial charge on any atom is 0.255 e. The van der Waals surface area contributed by atoms with Crippen molar-refractivity contribution in [1.82, 2.24) is 15.3 Å². The molecule has 0 saturated heterocycles. The molecule has 0 atom stereocenters. The van der Waals surface area contributed by atoms with Crippen molar-refractivity contribution in [3.8, 4) is 17.3 Å². The van der Waals surface area contributed by atoms with Crippen LogP contribution in [-0.2, 0) is 13.0 Å². The Morgan fingerprint density at radius 2 is 1.91 bits per heavy atom. The van der Waals surface area contributed by atoms with E-state index in [0.29, 0.717) is 52.5 Å². The number of nitrogens with zero attached hydrogens (tertiary/aromatic N) is 3. The summed E-state index contributed by atoms with van der Waals surface area (Å²) in [4.78, 5) is 21.9. The molecule has 0 aliphatic heterocycles. The highest BCUT2D eigenvalue weighted by molar-refractivity contribution is 5.99. The van der Waals surface area contributed by atoms with E-state index < -0.39 is 0 Å². The van der Waals surface area contributed by atoms with Gasteiger partial charge in [-0.3, -0.25) is 9.78 Å². The molecule has 4 N–H and O–H groups in total. The van der Waals surface area contributed by atoms with Gasteiger partial charge in [-0.15, -0.1) is 0 Å². The number of carbonyl (C=O) groups is 1. The van der Waals surface area contributed by atoms with Crippen molar-refractivity contribution in [3.63, 3.8) is 0 Å². The van der Waals surface area contributed by atoms with Crippen molar-refractivity contribution in [1.29, 1.82) is 5.26 Å². The number of benzene rings is 2. The molecule has 2 heterocycles. The van der Waals surface area contributed by atoms with E-state index in [-0.39, 0.29) is 18.3 Å². The summed E-state index contributed by atoms with van der Waals surface area (Å²) in [6, 6.07) is 22.5. The Morgan fingerprint density at radius 3 is 2.69 bits per heavy atom. The standard InChI is InChI=1S/C27H23FN6O/c28-20-6-3-4-18(14-20)12-13-31-26-24(27(35)33-17-22-9-8-21(30)16-32-22)10-11-25(34-26)23-7-2-1-5-19(23)15-29/h1-11,14,16H,12-13,17,30H2,(H,31,34)(H,33,35). The number of anilines is 2. The summed E-state index contributed by atoms with van der Waals surface area (Å²) in [5.74, 6) is -0.258. The molecule has 2 aromatic carbocycles. The summed E-state index contributed by atoms with van der Waals surface area (Å²) in [6.07, 6.45) is 2.07. The molecule has 0 saturated carbocycles. The van der Waals surface area contributed by atoms with Crippen LogP contribution >= 0.6 is 0 Å². The first-order chi connectivity index (χ1) is 17.0. The van der Waals surface area contributed by atoms with E-state index in [1.54, 1.807) is 42.5 Å². The maximum atomic E-state index is 13.5. The highest BCUT2D eigenvalue weighted by atomic mass is 19.1. The smallest absolute Gasteiger partial charge is 0.255 e. The Labute approximate surface area is 202 Å². The van der Waals surface area contributed by atoms with Crippen LogP contribution in [0.2, 0.25) is 0 Å². The van der Waals surface area contributed by atoms with Crippen LogP contribution in [0.15, 0.2) is 79.0 Å². The van der Waals surface area contributed by atoms with Gasteiger partial charge in [-0.1, -0.05) is 30.3 Å². The first kappa shape index (κ1) is 23.4. The number of pyridine rings is 2. The number of halogens is 1. The molecule has 7 nitrogen and oxygen atoms in total. The van der Waals surface area contributed by atoms with E-state index in [4.69, 9.17) is 5.73 Å². The molecule has 0 unspecified atom stereocenters. The number of hydrogen-bond acceptors (Lipinski definition) is 6. The largest absolute Gasteiger partial charge is 0.397 e. The lowest BCUT2D eigenvalue weighted by molar-refractivity contribution is 0.0951. The predicted molar refractivity (Wildman–Crippen MR) is 133 cm³/mol. The Bertz CT molecular complexity index is 1380. The third-order valence-electron chi connectivity index (χ3n) is 5.34. The van der Waals surface area contributed by atoms with Gasteiger partial charge in [0.1, 0.15) is 11.6 Å². The average Bonchev–Trinajstić information content (AvgIpc) is 2.88. The molecule has 2 aromatic heterocycles. The summed E-state index contributed by atoms with van der Waals surface area (Å²) in [6.45, 7) is 0.653. The number of nitrogen functional groups attached to an aromatic ring is 1. The molecule has 0 fully saturated rings. The van der Waals surface area contributed by atoms with Gasteiger partial charge in [-0.05, 0) is 54.4 Å². The van der Waals surface area contributed by atoms with Gasteiger partial charge in [0.05, 0.1) is 47.0 Å². The molecule has 4 aromatic rings. The topological polar surface area (TPSA) is 117 Å². The summed E-state index contributed by atoms with van der Waals surface area (Å²) in [5.41, 5.74) is 9.76. The molecule has 0 radical (unpaired) electrons. The quantitative estimate of drug-likeness (QED) is 0.356. The summed E-state index contributed by atoms with van der Waals surface area (Å²) >= 11 is 0. The zero-order chi connectivity index (χ0) is 24.6. The second-order valence-corrected chi connectivity index (χ2v) is 7.82. The minimum atomic E-state index is -0.329. The molecule has 0 bridgehead atoms. The number of nitrogens with one attached hydrogen (secondary N) is 2. The van der Waals surface area contributed by atoms with Crippen LogP contribution in [0.1, 0.15) is 27.2 Å². The van der Waals surface area contributed by atoms with E-state index in [2.05, 4.69) is 26.7 Å². The lowest BCUT2D eigenvalue weighted by Crippen LogP contribution is -2.25. The first-order valence-electron chi connectivity index (χ1n) is 11.0. The lowest BCUT2D eigenvalue weighted by Gasteiger charge is -2.14. The molecular weight excluding hydrogens is 443 g/mol. The van der Waals surface area contributed by atoms with Crippen molar-refractivity contribution in [2.24, 2.45) is 0 Å². The fourth-order valence-electron chi connectivity index (χ4n) is 3.56. The normalized spacial score (nSPS) is 10.4. The van der Waals surface area contributed by atoms with Gasteiger partial charge in [0.15, 0.2) is 0 Å². The van der Waals surface area contributed by atoms with E-state index >= 15 is 0 Å². The van der Waals surface area contributed by atoms with E-state index in [1.165, 1.54) is 18.3 Å². The van der Waals surface area contributed by atoms with E-state index in [9.17, 15) is 14.4 Å². The Kier molecular flexibility index (Phi) is 7.28. The van der Waals surface area contributed by atoms with Gasteiger partial charge in [0.25, 0.3) is 5.91 Å². The van der Waals surface area contributed by atoms with Crippen LogP contribution < -0.4 is 16.4 Å². The van der Waals surface area contributed by atoms with E-state index in [1.807, 2.05) is 18.2 Å². The van der Waals surface area contributed by atoms with Crippen LogP contribution in [0, 0.1) is 17.1 Å². The minimum absolute atomic E-state index is 0.223. The monoisotopic (exact) mass is 466 g/mol. The van der Waals surface area contributed by atoms with Gasteiger partial charge >= 0.3 is 0 Å². The van der Waals surface area contributed by atoms with Crippen molar-refractivity contribution in [2.45, 2.75) is 13.0 Å². The fourth-order valence-corrected chi connectivity index (χ4v) is 3.56. The second kappa shape index (κ2) is 10.9. The maximum absolute atomic E-state index is 13.5. The number of hydrogen-bond donors (Lipinski definition) is 3. The number of amides is 1. The molecule has 8 heteroatoms. The van der Waals surface area contributed by atoms with Crippen molar-refractivity contribution in [2.75, 3.05) is 17.6 Å². The molecule has 4 rings (SSSR count).